The number of hydrogen-bond donors (Lipinski definition) is 2. The van der Waals surface area contributed by atoms with Crippen LogP contribution in [0.2, 0.25) is 0 Å². The third-order valence-corrected chi connectivity index (χ3v) is 5.37. The first kappa shape index (κ1) is 20.4. The van der Waals surface area contributed by atoms with E-state index in [1.165, 1.54) is 0 Å². The number of fused-ring (bicyclic) bond motifs is 1. The summed E-state index contributed by atoms with van der Waals surface area (Å²) in [6, 6.07) is 23.9. The molecule has 2 N–H and O–H groups in total. The molecule has 4 rings (SSSR count). The highest BCUT2D eigenvalue weighted by molar-refractivity contribution is 6.07. The number of H-pyrrole nitrogens is 1. The van der Waals surface area contributed by atoms with Gasteiger partial charge < -0.3 is 15.0 Å². The largest absolute Gasteiger partial charge is 0.496 e. The number of aromatic amines is 1. The number of carbonyl (C=O) groups is 2. The first-order chi connectivity index (χ1) is 15.2. The van der Waals surface area contributed by atoms with Gasteiger partial charge in [-0.15, -0.1) is 0 Å². The molecule has 0 aliphatic carbocycles. The summed E-state index contributed by atoms with van der Waals surface area (Å²) in [5, 5.41) is 3.81. The third-order valence-electron chi connectivity index (χ3n) is 5.37. The first-order valence-electron chi connectivity index (χ1n) is 10.2. The van der Waals surface area contributed by atoms with Crippen LogP contribution in [0.25, 0.3) is 10.9 Å². The van der Waals surface area contributed by atoms with Crippen molar-refractivity contribution < 1.29 is 14.3 Å². The zero-order valence-electron chi connectivity index (χ0n) is 17.3. The van der Waals surface area contributed by atoms with E-state index >= 15 is 0 Å². The van der Waals surface area contributed by atoms with Gasteiger partial charge in [0.1, 0.15) is 5.75 Å². The van der Waals surface area contributed by atoms with Crippen LogP contribution in [0, 0.1) is 0 Å². The van der Waals surface area contributed by atoms with Crippen LogP contribution < -0.4 is 10.1 Å². The fourth-order valence-electron chi connectivity index (χ4n) is 3.77. The van der Waals surface area contributed by atoms with Gasteiger partial charge in [0.05, 0.1) is 13.2 Å². The van der Waals surface area contributed by atoms with Crippen molar-refractivity contribution in [2.45, 2.75) is 18.9 Å². The topological polar surface area (TPSA) is 71.2 Å². The van der Waals surface area contributed by atoms with Gasteiger partial charge >= 0.3 is 0 Å². The van der Waals surface area contributed by atoms with E-state index in [4.69, 9.17) is 4.74 Å². The standard InChI is InChI=1S/C26H24N2O3/c1-31-25-13-6-5-10-19(25)17-24(29)23(16-18-8-3-2-4-9-18)28-26(30)21-11-7-12-22-20(21)14-15-27-22/h2-15,23,27H,16-17H2,1H3,(H,28,30). The Morgan fingerprint density at radius 3 is 2.52 bits per heavy atom. The molecule has 5 nitrogen and oxygen atoms in total. The smallest absolute Gasteiger partial charge is 0.252 e. The maximum Gasteiger partial charge on any atom is 0.252 e. The molecular formula is C26H24N2O3. The average molecular weight is 412 g/mol. The monoisotopic (exact) mass is 412 g/mol. The number of methoxy groups -OCH3 is 1. The molecule has 0 aliphatic heterocycles. The lowest BCUT2D eigenvalue weighted by molar-refractivity contribution is -0.120. The Hall–Kier alpha value is -3.86. The fraction of sp³-hybridized carbons (Fsp3) is 0.154. The van der Waals surface area contributed by atoms with Crippen LogP contribution in [0.15, 0.2) is 85.1 Å². The van der Waals surface area contributed by atoms with Gasteiger partial charge in [0, 0.05) is 34.6 Å². The summed E-state index contributed by atoms with van der Waals surface area (Å²) in [5.74, 6) is 0.334. The van der Waals surface area contributed by atoms with Gasteiger partial charge in [-0.05, 0) is 36.2 Å². The number of amides is 1. The molecule has 0 aliphatic rings. The number of nitrogens with one attached hydrogen (secondary N) is 2. The maximum atomic E-state index is 13.3. The van der Waals surface area contributed by atoms with Gasteiger partial charge in [-0.3, -0.25) is 9.59 Å². The van der Waals surface area contributed by atoms with Crippen molar-refractivity contribution >= 4 is 22.6 Å². The summed E-state index contributed by atoms with van der Waals surface area (Å²) >= 11 is 0. The summed E-state index contributed by atoms with van der Waals surface area (Å²) in [6.45, 7) is 0. The van der Waals surface area contributed by atoms with Crippen molar-refractivity contribution in [3.8, 4) is 5.75 Å². The Balaban J connectivity index is 1.60. The van der Waals surface area contributed by atoms with Crippen molar-refractivity contribution in [3.05, 3.63) is 102 Å². The second-order valence-corrected chi connectivity index (χ2v) is 7.42. The zero-order valence-corrected chi connectivity index (χ0v) is 17.3. The lowest BCUT2D eigenvalue weighted by atomic mass is 9.96. The molecule has 0 bridgehead atoms. The minimum absolute atomic E-state index is 0.0667. The SMILES string of the molecule is COc1ccccc1CC(=O)C(Cc1ccccc1)NC(=O)c1cccc2[nH]ccc12. The highest BCUT2D eigenvalue weighted by Gasteiger charge is 2.24. The molecular weight excluding hydrogens is 388 g/mol. The lowest BCUT2D eigenvalue weighted by Gasteiger charge is -2.19. The Labute approximate surface area is 181 Å². The first-order valence-corrected chi connectivity index (χ1v) is 10.2. The molecule has 1 aromatic heterocycles. The Bertz CT molecular complexity index is 1200. The molecule has 1 unspecified atom stereocenters. The molecule has 1 amide bonds. The zero-order chi connectivity index (χ0) is 21.6. The van der Waals surface area contributed by atoms with E-state index in [9.17, 15) is 9.59 Å². The molecule has 156 valence electrons. The second-order valence-electron chi connectivity index (χ2n) is 7.42. The third kappa shape index (κ3) is 4.67. The van der Waals surface area contributed by atoms with E-state index in [1.54, 1.807) is 19.4 Å². The van der Waals surface area contributed by atoms with Gasteiger partial charge in [0.2, 0.25) is 0 Å². The minimum atomic E-state index is -0.658. The quantitative estimate of drug-likeness (QED) is 0.453. The van der Waals surface area contributed by atoms with Crippen molar-refractivity contribution in [2.75, 3.05) is 7.11 Å². The van der Waals surface area contributed by atoms with Crippen LogP contribution in [0.1, 0.15) is 21.5 Å². The van der Waals surface area contributed by atoms with Gasteiger partial charge in [-0.2, -0.15) is 0 Å². The number of carbonyl (C=O) groups excluding carboxylic acids is 2. The van der Waals surface area contributed by atoms with Gasteiger partial charge in [-0.1, -0.05) is 54.6 Å². The van der Waals surface area contributed by atoms with Crippen molar-refractivity contribution in [1.29, 1.82) is 0 Å². The van der Waals surface area contributed by atoms with Gasteiger partial charge in [0.25, 0.3) is 5.91 Å². The number of hydrogen-bond acceptors (Lipinski definition) is 3. The molecule has 5 heteroatoms. The molecule has 0 saturated heterocycles. The van der Waals surface area contributed by atoms with Crippen LogP contribution in [-0.4, -0.2) is 29.8 Å². The molecule has 4 aromatic rings. The highest BCUT2D eigenvalue weighted by Crippen LogP contribution is 2.20. The van der Waals surface area contributed by atoms with Gasteiger partial charge in [0.15, 0.2) is 5.78 Å². The van der Waals surface area contributed by atoms with Crippen molar-refractivity contribution in [2.24, 2.45) is 0 Å². The van der Waals surface area contributed by atoms with Crippen molar-refractivity contribution in [1.82, 2.24) is 10.3 Å². The number of Topliss-reactive ketones (excluding diaryl/α,β-unsaturated/α-hetero) is 1. The number of ketones is 1. The lowest BCUT2D eigenvalue weighted by Crippen LogP contribution is -2.43. The number of aromatic nitrogens is 1. The summed E-state index contributed by atoms with van der Waals surface area (Å²) in [5.41, 5.74) is 3.21. The maximum absolute atomic E-state index is 13.3. The van der Waals surface area contributed by atoms with Crippen LogP contribution in [0.3, 0.4) is 0 Å². The fourth-order valence-corrected chi connectivity index (χ4v) is 3.77. The number of benzene rings is 3. The predicted molar refractivity (Wildman–Crippen MR) is 121 cm³/mol. The summed E-state index contributed by atoms with van der Waals surface area (Å²) in [4.78, 5) is 29.5. The van der Waals surface area contributed by atoms with Crippen LogP contribution >= 0.6 is 0 Å². The molecule has 0 radical (unpaired) electrons. The van der Waals surface area contributed by atoms with E-state index in [2.05, 4.69) is 10.3 Å². The predicted octanol–water partition coefficient (Wildman–Crippen LogP) is 4.33. The Morgan fingerprint density at radius 1 is 0.935 bits per heavy atom. The molecule has 1 atom stereocenters. The van der Waals surface area contributed by atoms with E-state index in [-0.39, 0.29) is 18.1 Å². The van der Waals surface area contributed by atoms with E-state index in [1.807, 2.05) is 72.8 Å². The molecule has 1 heterocycles. The van der Waals surface area contributed by atoms with E-state index < -0.39 is 6.04 Å². The molecule has 0 spiro atoms. The summed E-state index contributed by atoms with van der Waals surface area (Å²) < 4.78 is 5.39. The van der Waals surface area contributed by atoms with Crippen LogP contribution in [0.4, 0.5) is 0 Å². The van der Waals surface area contributed by atoms with E-state index in [0.717, 1.165) is 22.0 Å². The second kappa shape index (κ2) is 9.30. The molecule has 3 aromatic carbocycles. The normalized spacial score (nSPS) is 11.8. The highest BCUT2D eigenvalue weighted by atomic mass is 16.5. The van der Waals surface area contributed by atoms with Gasteiger partial charge in [-0.25, -0.2) is 0 Å². The number of ether oxygens (including phenoxy) is 1. The number of rotatable bonds is 8. The van der Waals surface area contributed by atoms with Crippen LogP contribution in [0.5, 0.6) is 5.75 Å². The molecule has 0 saturated carbocycles. The average Bonchev–Trinajstić information content (AvgIpc) is 3.28. The number of para-hydroxylation sites is 1. The molecule has 0 fully saturated rings. The Morgan fingerprint density at radius 2 is 1.71 bits per heavy atom. The minimum Gasteiger partial charge on any atom is -0.496 e. The molecule has 31 heavy (non-hydrogen) atoms. The Kier molecular flexibility index (Phi) is 6.13. The summed E-state index contributed by atoms with van der Waals surface area (Å²) in [6.07, 6.45) is 2.40. The summed E-state index contributed by atoms with van der Waals surface area (Å²) in [7, 11) is 1.59. The van der Waals surface area contributed by atoms with Crippen LogP contribution in [-0.2, 0) is 17.6 Å². The van der Waals surface area contributed by atoms with E-state index in [0.29, 0.717) is 17.7 Å². The van der Waals surface area contributed by atoms with Crippen molar-refractivity contribution in [3.63, 3.8) is 0 Å².